The zero-order chi connectivity index (χ0) is 11.4. The monoisotopic (exact) mass is 208 g/mol. The normalized spacial score (nSPS) is 10.2. The van der Waals surface area contributed by atoms with Crippen LogP contribution >= 0.6 is 0 Å². The number of rotatable bonds is 4. The summed E-state index contributed by atoms with van der Waals surface area (Å²) in [5.41, 5.74) is 0.478. The van der Waals surface area contributed by atoms with Crippen LogP contribution in [0.1, 0.15) is 5.56 Å². The van der Waals surface area contributed by atoms with Gasteiger partial charge in [-0.25, -0.2) is 0 Å². The SMILES string of the molecule is O=C([O-])C(Cc1ccc(O)cc1)C(=O)[O-]. The Morgan fingerprint density at radius 1 is 1.13 bits per heavy atom. The van der Waals surface area contributed by atoms with Crippen molar-refractivity contribution in [2.45, 2.75) is 6.42 Å². The molecule has 5 heteroatoms. The molecule has 15 heavy (non-hydrogen) atoms. The molecular weight excluding hydrogens is 200 g/mol. The highest BCUT2D eigenvalue weighted by Gasteiger charge is 2.11. The van der Waals surface area contributed by atoms with E-state index in [1.165, 1.54) is 24.3 Å². The summed E-state index contributed by atoms with van der Waals surface area (Å²) in [5, 5.41) is 29.8. The lowest BCUT2D eigenvalue weighted by atomic mass is 10.00. The summed E-state index contributed by atoms with van der Waals surface area (Å²) in [6, 6.07) is 5.57. The molecule has 0 heterocycles. The molecule has 0 aliphatic heterocycles. The van der Waals surface area contributed by atoms with Crippen molar-refractivity contribution in [1.82, 2.24) is 0 Å². The number of phenols is 1. The smallest absolute Gasteiger partial charge is 0.115 e. The summed E-state index contributed by atoms with van der Waals surface area (Å²) in [5.74, 6) is -5.00. The van der Waals surface area contributed by atoms with Gasteiger partial charge in [-0.15, -0.1) is 0 Å². The van der Waals surface area contributed by atoms with Crippen molar-refractivity contribution in [3.63, 3.8) is 0 Å². The summed E-state index contributed by atoms with van der Waals surface area (Å²) < 4.78 is 0. The van der Waals surface area contributed by atoms with Crippen LogP contribution in [0.2, 0.25) is 0 Å². The molecule has 0 amide bonds. The molecule has 0 radical (unpaired) electrons. The number of carboxylic acid groups (broad SMARTS) is 2. The number of hydrogen-bond donors (Lipinski definition) is 1. The summed E-state index contributed by atoms with van der Waals surface area (Å²) in [7, 11) is 0. The fraction of sp³-hybridized carbons (Fsp3) is 0.200. The number of phenolic OH excluding ortho intramolecular Hbond substituents is 1. The van der Waals surface area contributed by atoms with Crippen LogP contribution in [0.15, 0.2) is 24.3 Å². The standard InChI is InChI=1S/C10H10O5/c11-7-3-1-6(2-4-7)5-8(9(12)13)10(14)15/h1-4,8,11H,5H2,(H,12,13)(H,14,15)/p-2. The fourth-order valence-corrected chi connectivity index (χ4v) is 1.13. The average molecular weight is 208 g/mol. The van der Waals surface area contributed by atoms with Gasteiger partial charge in [0.25, 0.3) is 0 Å². The van der Waals surface area contributed by atoms with E-state index in [1.807, 2.05) is 0 Å². The van der Waals surface area contributed by atoms with Gasteiger partial charge in [0, 0.05) is 5.92 Å². The molecule has 0 saturated carbocycles. The molecule has 1 aromatic carbocycles. The molecule has 0 aliphatic carbocycles. The maximum absolute atomic E-state index is 10.4. The summed E-state index contributed by atoms with van der Waals surface area (Å²) in [6.07, 6.45) is -0.217. The molecular formula is C10H8O5-2. The van der Waals surface area contributed by atoms with Gasteiger partial charge in [-0.3, -0.25) is 0 Å². The number of benzene rings is 1. The van der Waals surface area contributed by atoms with Crippen molar-refractivity contribution >= 4 is 11.9 Å². The van der Waals surface area contributed by atoms with Gasteiger partial charge in [0.2, 0.25) is 0 Å². The third kappa shape index (κ3) is 2.98. The van der Waals surface area contributed by atoms with Crippen LogP contribution in [0.5, 0.6) is 5.75 Å². The van der Waals surface area contributed by atoms with E-state index in [0.717, 1.165) is 0 Å². The van der Waals surface area contributed by atoms with Crippen molar-refractivity contribution < 1.29 is 24.9 Å². The Morgan fingerprint density at radius 3 is 2.00 bits per heavy atom. The van der Waals surface area contributed by atoms with Gasteiger partial charge < -0.3 is 24.9 Å². The van der Waals surface area contributed by atoms with Gasteiger partial charge in [0.05, 0.1) is 11.9 Å². The second kappa shape index (κ2) is 4.45. The minimum Gasteiger partial charge on any atom is -0.549 e. The van der Waals surface area contributed by atoms with Crippen molar-refractivity contribution in [3.05, 3.63) is 29.8 Å². The highest BCUT2D eigenvalue weighted by Crippen LogP contribution is 2.13. The van der Waals surface area contributed by atoms with E-state index in [2.05, 4.69) is 0 Å². The molecule has 5 nitrogen and oxygen atoms in total. The minimum atomic E-state index is -1.68. The number of carbonyl (C=O) groups is 2. The van der Waals surface area contributed by atoms with Crippen LogP contribution in [-0.2, 0) is 16.0 Å². The molecule has 80 valence electrons. The Balaban J connectivity index is 2.79. The summed E-state index contributed by atoms with van der Waals surface area (Å²) in [4.78, 5) is 20.9. The number of aromatic hydroxyl groups is 1. The molecule has 0 saturated heterocycles. The van der Waals surface area contributed by atoms with Gasteiger partial charge >= 0.3 is 0 Å². The fourth-order valence-electron chi connectivity index (χ4n) is 1.13. The van der Waals surface area contributed by atoms with E-state index in [4.69, 9.17) is 5.11 Å². The van der Waals surface area contributed by atoms with E-state index in [-0.39, 0.29) is 12.2 Å². The Hall–Kier alpha value is -2.04. The van der Waals surface area contributed by atoms with Crippen LogP contribution in [0.25, 0.3) is 0 Å². The van der Waals surface area contributed by atoms with E-state index < -0.39 is 17.9 Å². The second-order valence-electron chi connectivity index (χ2n) is 3.06. The lowest BCUT2D eigenvalue weighted by Crippen LogP contribution is -2.44. The summed E-state index contributed by atoms with van der Waals surface area (Å²) >= 11 is 0. The topological polar surface area (TPSA) is 100 Å². The second-order valence-corrected chi connectivity index (χ2v) is 3.06. The Morgan fingerprint density at radius 2 is 1.60 bits per heavy atom. The lowest BCUT2D eigenvalue weighted by molar-refractivity contribution is -0.331. The van der Waals surface area contributed by atoms with Crippen LogP contribution < -0.4 is 10.2 Å². The molecule has 0 spiro atoms. The number of carbonyl (C=O) groups excluding carboxylic acids is 2. The largest absolute Gasteiger partial charge is 0.549 e. The molecule has 0 unspecified atom stereocenters. The average Bonchev–Trinajstić information content (AvgIpc) is 2.15. The predicted molar refractivity (Wildman–Crippen MR) is 45.3 cm³/mol. The first-order chi connectivity index (χ1) is 7.00. The van der Waals surface area contributed by atoms with Crippen molar-refractivity contribution in [2.24, 2.45) is 5.92 Å². The maximum Gasteiger partial charge on any atom is 0.115 e. The third-order valence-corrected chi connectivity index (χ3v) is 1.95. The number of hydrogen-bond acceptors (Lipinski definition) is 5. The molecule has 0 fully saturated rings. The van der Waals surface area contributed by atoms with Gasteiger partial charge in [0.1, 0.15) is 5.75 Å². The van der Waals surface area contributed by atoms with Gasteiger partial charge in [-0.1, -0.05) is 12.1 Å². The van der Waals surface area contributed by atoms with Crippen LogP contribution in [-0.4, -0.2) is 17.0 Å². The molecule has 1 rings (SSSR count). The van der Waals surface area contributed by atoms with E-state index in [1.54, 1.807) is 0 Å². The zero-order valence-corrected chi connectivity index (χ0v) is 7.67. The van der Waals surface area contributed by atoms with Crippen LogP contribution in [0.4, 0.5) is 0 Å². The van der Waals surface area contributed by atoms with E-state index in [9.17, 15) is 19.8 Å². The van der Waals surface area contributed by atoms with Crippen LogP contribution in [0, 0.1) is 5.92 Å². The van der Waals surface area contributed by atoms with Gasteiger partial charge in [-0.05, 0) is 24.1 Å². The summed E-state index contributed by atoms with van der Waals surface area (Å²) in [6.45, 7) is 0. The molecule has 0 bridgehead atoms. The molecule has 0 aromatic heterocycles. The van der Waals surface area contributed by atoms with Crippen LogP contribution in [0.3, 0.4) is 0 Å². The van der Waals surface area contributed by atoms with Gasteiger partial charge in [-0.2, -0.15) is 0 Å². The molecule has 1 aromatic rings. The predicted octanol–water partition coefficient (Wildman–Crippen LogP) is -1.95. The van der Waals surface area contributed by atoms with Crippen molar-refractivity contribution in [2.75, 3.05) is 0 Å². The number of aliphatic carboxylic acids is 2. The highest BCUT2D eigenvalue weighted by atomic mass is 16.4. The van der Waals surface area contributed by atoms with E-state index >= 15 is 0 Å². The molecule has 0 atom stereocenters. The molecule has 1 N–H and O–H groups in total. The minimum absolute atomic E-state index is 0.0252. The maximum atomic E-state index is 10.4. The first-order valence-corrected chi connectivity index (χ1v) is 4.20. The van der Waals surface area contributed by atoms with E-state index in [0.29, 0.717) is 5.56 Å². The Labute approximate surface area is 85.6 Å². The van der Waals surface area contributed by atoms with Crippen molar-refractivity contribution in [1.29, 1.82) is 0 Å². The van der Waals surface area contributed by atoms with Gasteiger partial charge in [0.15, 0.2) is 0 Å². The number of carboxylic acids is 2. The molecule has 0 aliphatic rings. The highest BCUT2D eigenvalue weighted by molar-refractivity contribution is 5.91. The van der Waals surface area contributed by atoms with Crippen molar-refractivity contribution in [3.8, 4) is 5.75 Å². The first-order valence-electron chi connectivity index (χ1n) is 4.20. The third-order valence-electron chi connectivity index (χ3n) is 1.95. The first kappa shape index (κ1) is 11.0. The quantitative estimate of drug-likeness (QED) is 0.579. The Kier molecular flexibility index (Phi) is 3.28. The lowest BCUT2D eigenvalue weighted by Gasteiger charge is -2.18. The Bertz CT molecular complexity index is 354. The zero-order valence-electron chi connectivity index (χ0n) is 7.67.